The largest absolute Gasteiger partial charge is 0.346 e. The summed E-state index contributed by atoms with van der Waals surface area (Å²) in [5.74, 6) is 0.695. The van der Waals surface area contributed by atoms with Crippen LogP contribution in [-0.2, 0) is 11.2 Å². The lowest BCUT2D eigenvalue weighted by Gasteiger charge is -2.23. The molecule has 0 fully saturated rings. The lowest BCUT2D eigenvalue weighted by molar-refractivity contribution is -0.121. The molecule has 3 rings (SSSR count). The Morgan fingerprint density at radius 1 is 1.18 bits per heavy atom. The zero-order valence-electron chi connectivity index (χ0n) is 16.8. The Balaban J connectivity index is 1.91. The van der Waals surface area contributed by atoms with E-state index in [0.717, 1.165) is 23.4 Å². The van der Waals surface area contributed by atoms with Crippen LogP contribution < -0.4 is 5.32 Å². The number of halogens is 1. The number of carbonyl (C=O) groups excluding carboxylic acids is 1. The Labute approximate surface area is 165 Å². The summed E-state index contributed by atoms with van der Waals surface area (Å²) in [6.07, 6.45) is 2.64. The average molecular weight is 382 g/mol. The van der Waals surface area contributed by atoms with Crippen LogP contribution >= 0.6 is 0 Å². The Bertz CT molecular complexity index is 964. The molecule has 3 aromatic rings. The van der Waals surface area contributed by atoms with Gasteiger partial charge in [-0.2, -0.15) is 0 Å². The molecule has 1 amide bonds. The number of carbonyl (C=O) groups is 1. The highest BCUT2D eigenvalue weighted by Crippen LogP contribution is 2.27. The van der Waals surface area contributed by atoms with Gasteiger partial charge in [-0.1, -0.05) is 26.0 Å². The fraction of sp³-hybridized carbons (Fsp3) is 0.409. The maximum atomic E-state index is 13.4. The number of rotatable bonds is 7. The minimum atomic E-state index is -0.336. The molecule has 0 radical (unpaired) electrons. The highest BCUT2D eigenvalue weighted by Gasteiger charge is 2.25. The summed E-state index contributed by atoms with van der Waals surface area (Å²) in [6, 6.07) is 9.86. The number of nitrogens with one attached hydrogen (secondary N) is 1. The first-order valence-electron chi connectivity index (χ1n) is 9.71. The Morgan fingerprint density at radius 3 is 2.64 bits per heavy atom. The van der Waals surface area contributed by atoms with Crippen LogP contribution in [0.3, 0.4) is 0 Å². The van der Waals surface area contributed by atoms with Crippen molar-refractivity contribution in [2.75, 3.05) is 0 Å². The number of benzene rings is 1. The number of amides is 1. The molecule has 0 saturated carbocycles. The van der Waals surface area contributed by atoms with Gasteiger partial charge in [-0.3, -0.25) is 4.79 Å². The maximum Gasteiger partial charge on any atom is 0.225 e. The fourth-order valence-electron chi connectivity index (χ4n) is 3.48. The van der Waals surface area contributed by atoms with Crippen LogP contribution in [0, 0.1) is 11.7 Å². The molecule has 0 aliphatic rings. The predicted molar refractivity (Wildman–Crippen MR) is 108 cm³/mol. The number of pyridine rings is 1. The average Bonchev–Trinajstić information content (AvgIpc) is 3.00. The first-order chi connectivity index (χ1) is 13.3. The molecule has 0 aliphatic heterocycles. The van der Waals surface area contributed by atoms with E-state index in [1.54, 1.807) is 18.3 Å². The van der Waals surface area contributed by atoms with Gasteiger partial charge in [0.1, 0.15) is 17.2 Å². The van der Waals surface area contributed by atoms with E-state index >= 15 is 0 Å². The van der Waals surface area contributed by atoms with Crippen molar-refractivity contribution in [3.05, 3.63) is 59.8 Å². The topological polar surface area (TPSA) is 59.8 Å². The second-order valence-electron chi connectivity index (χ2n) is 7.84. The van der Waals surface area contributed by atoms with Crippen LogP contribution in [0.4, 0.5) is 4.39 Å². The van der Waals surface area contributed by atoms with Gasteiger partial charge in [0.25, 0.3) is 0 Å². The summed E-state index contributed by atoms with van der Waals surface area (Å²) in [6.45, 7) is 8.40. The van der Waals surface area contributed by atoms with Crippen molar-refractivity contribution in [1.82, 2.24) is 19.9 Å². The molecule has 1 N–H and O–H groups in total. The van der Waals surface area contributed by atoms with Crippen molar-refractivity contribution >= 4 is 17.1 Å². The zero-order chi connectivity index (χ0) is 20.3. The van der Waals surface area contributed by atoms with E-state index in [2.05, 4.69) is 42.6 Å². The van der Waals surface area contributed by atoms with Gasteiger partial charge in [0.05, 0.1) is 12.5 Å². The van der Waals surface area contributed by atoms with Gasteiger partial charge in [-0.15, -0.1) is 0 Å². The summed E-state index contributed by atoms with van der Waals surface area (Å²) < 4.78 is 15.5. The normalized spacial score (nSPS) is 12.7. The standard InChI is InChI=1S/C22H27FN4O/c1-14(2)11-19(25-20(28)13-16-7-5-8-17(23)12-16)22-26-18-9-6-10-24-21(18)27(22)15(3)4/h5-10,12,14-15,19H,11,13H2,1-4H3,(H,25,28). The molecule has 0 saturated heterocycles. The van der Waals surface area contributed by atoms with Gasteiger partial charge in [0.2, 0.25) is 5.91 Å². The Morgan fingerprint density at radius 2 is 1.96 bits per heavy atom. The molecule has 148 valence electrons. The first kappa shape index (κ1) is 20.0. The summed E-state index contributed by atoms with van der Waals surface area (Å²) in [5.41, 5.74) is 2.29. The summed E-state index contributed by atoms with van der Waals surface area (Å²) in [4.78, 5) is 22.0. The van der Waals surface area contributed by atoms with E-state index in [-0.39, 0.29) is 30.2 Å². The minimum absolute atomic E-state index is 0.131. The van der Waals surface area contributed by atoms with Gasteiger partial charge < -0.3 is 9.88 Å². The molecule has 0 aliphatic carbocycles. The van der Waals surface area contributed by atoms with Crippen molar-refractivity contribution in [3.63, 3.8) is 0 Å². The van der Waals surface area contributed by atoms with Gasteiger partial charge in [-0.05, 0) is 56.0 Å². The van der Waals surface area contributed by atoms with E-state index in [1.807, 2.05) is 12.1 Å². The summed E-state index contributed by atoms with van der Waals surface area (Å²) >= 11 is 0. The molecule has 2 aromatic heterocycles. The van der Waals surface area contributed by atoms with Gasteiger partial charge in [0.15, 0.2) is 5.65 Å². The lowest BCUT2D eigenvalue weighted by atomic mass is 10.0. The Kier molecular flexibility index (Phi) is 6.07. The first-order valence-corrected chi connectivity index (χ1v) is 9.71. The smallest absolute Gasteiger partial charge is 0.225 e. The van der Waals surface area contributed by atoms with Crippen LogP contribution in [-0.4, -0.2) is 20.4 Å². The van der Waals surface area contributed by atoms with Crippen molar-refractivity contribution in [2.24, 2.45) is 5.92 Å². The van der Waals surface area contributed by atoms with Crippen molar-refractivity contribution in [2.45, 2.75) is 52.6 Å². The van der Waals surface area contributed by atoms with E-state index in [4.69, 9.17) is 4.98 Å². The molecule has 1 aromatic carbocycles. The van der Waals surface area contributed by atoms with Gasteiger partial charge in [-0.25, -0.2) is 14.4 Å². The van der Waals surface area contributed by atoms with Gasteiger partial charge in [0, 0.05) is 12.2 Å². The molecule has 0 spiro atoms. The fourth-order valence-corrected chi connectivity index (χ4v) is 3.48. The van der Waals surface area contributed by atoms with Crippen molar-refractivity contribution in [3.8, 4) is 0 Å². The molecular formula is C22H27FN4O. The van der Waals surface area contributed by atoms with Crippen LogP contribution in [0.25, 0.3) is 11.2 Å². The molecule has 6 heteroatoms. The molecule has 1 atom stereocenters. The monoisotopic (exact) mass is 382 g/mol. The van der Waals surface area contributed by atoms with Crippen LogP contribution in [0.2, 0.25) is 0 Å². The lowest BCUT2D eigenvalue weighted by Crippen LogP contribution is -2.33. The number of imidazole rings is 1. The SMILES string of the molecule is CC(C)CC(NC(=O)Cc1cccc(F)c1)c1nc2cccnc2n1C(C)C. The van der Waals surface area contributed by atoms with Crippen molar-refractivity contribution < 1.29 is 9.18 Å². The number of nitrogens with zero attached hydrogens (tertiary/aromatic N) is 3. The third-order valence-corrected chi connectivity index (χ3v) is 4.60. The number of fused-ring (bicyclic) bond motifs is 1. The van der Waals surface area contributed by atoms with E-state index in [9.17, 15) is 9.18 Å². The molecular weight excluding hydrogens is 355 g/mol. The molecule has 1 unspecified atom stereocenters. The second-order valence-corrected chi connectivity index (χ2v) is 7.84. The highest BCUT2D eigenvalue weighted by atomic mass is 19.1. The Hall–Kier alpha value is -2.76. The second kappa shape index (κ2) is 8.50. The van der Waals surface area contributed by atoms with Gasteiger partial charge >= 0.3 is 0 Å². The van der Waals surface area contributed by atoms with E-state index < -0.39 is 0 Å². The molecule has 2 heterocycles. The number of hydrogen-bond donors (Lipinski definition) is 1. The minimum Gasteiger partial charge on any atom is -0.346 e. The quantitative estimate of drug-likeness (QED) is 0.650. The highest BCUT2D eigenvalue weighted by molar-refractivity contribution is 5.79. The summed E-state index contributed by atoms with van der Waals surface area (Å²) in [7, 11) is 0. The predicted octanol–water partition coefficient (Wildman–Crippen LogP) is 4.60. The third-order valence-electron chi connectivity index (χ3n) is 4.60. The number of hydrogen-bond acceptors (Lipinski definition) is 3. The van der Waals surface area contributed by atoms with Crippen LogP contribution in [0.15, 0.2) is 42.6 Å². The molecule has 28 heavy (non-hydrogen) atoms. The van der Waals surface area contributed by atoms with E-state index in [1.165, 1.54) is 12.1 Å². The maximum absolute atomic E-state index is 13.4. The zero-order valence-corrected chi connectivity index (χ0v) is 16.8. The van der Waals surface area contributed by atoms with Crippen LogP contribution in [0.1, 0.15) is 57.6 Å². The van der Waals surface area contributed by atoms with Crippen molar-refractivity contribution in [1.29, 1.82) is 0 Å². The molecule has 5 nitrogen and oxygen atoms in total. The number of aromatic nitrogens is 3. The van der Waals surface area contributed by atoms with E-state index in [0.29, 0.717) is 11.5 Å². The third kappa shape index (κ3) is 4.55. The molecule has 0 bridgehead atoms. The van der Waals surface area contributed by atoms with Crippen LogP contribution in [0.5, 0.6) is 0 Å². The summed E-state index contributed by atoms with van der Waals surface area (Å²) in [5, 5.41) is 3.12.